The fraction of sp³-hybridized carbons (Fsp3) is 0.231. The summed E-state index contributed by atoms with van der Waals surface area (Å²) < 4.78 is 8.65. The molecule has 0 radical (unpaired) electrons. The van der Waals surface area contributed by atoms with Crippen LogP contribution in [0.4, 0.5) is 0 Å². The Balaban J connectivity index is 0.000000143. The van der Waals surface area contributed by atoms with E-state index in [9.17, 15) is 38.4 Å². The molecule has 0 spiro atoms. The Morgan fingerprint density at radius 2 is 0.732 bits per heavy atom. The van der Waals surface area contributed by atoms with Crippen LogP contribution in [0.2, 0.25) is 0 Å². The van der Waals surface area contributed by atoms with Crippen LogP contribution < -0.4 is 28.5 Å². The van der Waals surface area contributed by atoms with Gasteiger partial charge in [-0.05, 0) is 0 Å². The number of carboxylic acid groups (broad SMARTS) is 1. The first-order valence-electron chi connectivity index (χ1n) is 15.1. The van der Waals surface area contributed by atoms with Gasteiger partial charge in [-0.2, -0.15) is 18.7 Å². The summed E-state index contributed by atoms with van der Waals surface area (Å²) in [7, 11) is 5.80. The summed E-state index contributed by atoms with van der Waals surface area (Å²) in [6.07, 6.45) is 4.83. The Labute approximate surface area is 305 Å². The fourth-order valence-corrected chi connectivity index (χ4v) is 4.35. The Morgan fingerprint density at radius 3 is 1.00 bits per heavy atom. The number of nitrogens with zero attached hydrogens (tertiary/aromatic N) is 20. The number of hydrogen-bond donors (Lipinski definition) is 2. The third kappa shape index (κ3) is 7.21. The zero-order valence-corrected chi connectivity index (χ0v) is 29.5. The van der Waals surface area contributed by atoms with Gasteiger partial charge >= 0.3 is 28.7 Å². The third-order valence-electron chi connectivity index (χ3n) is 7.10. The molecule has 8 aromatic heterocycles. The number of ketones is 2. The minimum atomic E-state index is -1.24. The second-order valence-electron chi connectivity index (χ2n) is 10.9. The summed E-state index contributed by atoms with van der Waals surface area (Å²) in [6, 6.07) is 0. The van der Waals surface area contributed by atoms with Crippen LogP contribution in [-0.2, 0) is 28.2 Å². The number of nitrogens with two attached hydrogens (primary N) is 1. The number of rotatable bonds is 4. The normalized spacial score (nSPS) is 10.7. The minimum absolute atomic E-state index is 0.0550. The highest BCUT2D eigenvalue weighted by Gasteiger charge is 2.17. The van der Waals surface area contributed by atoms with E-state index in [1.165, 1.54) is 69.8 Å². The number of hydrogen-bond acceptors (Lipinski definition) is 20. The van der Waals surface area contributed by atoms with E-state index in [0.717, 1.165) is 33.9 Å². The van der Waals surface area contributed by atoms with Crippen molar-refractivity contribution in [2.45, 2.75) is 13.8 Å². The molecule has 1 amide bonds. The minimum Gasteiger partial charge on any atom is -0.476 e. The Kier molecular flexibility index (Phi) is 10.5. The zero-order valence-electron chi connectivity index (χ0n) is 29.5. The van der Waals surface area contributed by atoms with Gasteiger partial charge in [-0.25, -0.2) is 61.5 Å². The maximum atomic E-state index is 11.4. The molecule has 30 nitrogen and oxygen atoms in total. The topological polar surface area (TPSA) is 375 Å². The van der Waals surface area contributed by atoms with E-state index in [0.29, 0.717) is 0 Å². The van der Waals surface area contributed by atoms with Gasteiger partial charge in [-0.1, -0.05) is 20.9 Å². The maximum absolute atomic E-state index is 11.4. The molecule has 0 atom stereocenters. The molecule has 288 valence electrons. The number of fused-ring (bicyclic) bond motifs is 4. The monoisotopic (exact) mass is 775 g/mol. The van der Waals surface area contributed by atoms with E-state index in [4.69, 9.17) is 10.8 Å². The zero-order chi connectivity index (χ0) is 41.2. The summed E-state index contributed by atoms with van der Waals surface area (Å²) >= 11 is 0. The SMILES string of the molecule is CC(=O)c1ncn2c(=O)n(C)nnc12.CC(=O)c1ncn2c(=O)n(C)nnc12.Cn1nnc2c(C(=O)O)ncn2c1=O.Cn1nnc2c(C(N)=O)ncn2c1=O. The molecule has 0 aliphatic rings. The molecule has 0 saturated heterocycles. The van der Waals surface area contributed by atoms with Crippen LogP contribution in [0, 0.1) is 0 Å². The van der Waals surface area contributed by atoms with Gasteiger partial charge in [0.2, 0.25) is 0 Å². The molecule has 8 rings (SSSR count). The highest BCUT2D eigenvalue weighted by Crippen LogP contribution is 2.04. The van der Waals surface area contributed by atoms with Crippen molar-refractivity contribution in [3.05, 3.63) is 90.0 Å². The first-order valence-corrected chi connectivity index (χ1v) is 15.1. The number of primary amides is 1. The first kappa shape index (κ1) is 38.6. The molecule has 0 saturated carbocycles. The number of aryl methyl sites for hydroxylation is 4. The quantitative estimate of drug-likeness (QED) is 0.157. The van der Waals surface area contributed by atoms with Crippen LogP contribution in [0.1, 0.15) is 55.8 Å². The molecule has 0 unspecified atom stereocenters. The van der Waals surface area contributed by atoms with E-state index < -0.39 is 23.3 Å². The number of Topliss-reactive ketones (excluding diaryl/α,β-unsaturated/α-hetero) is 2. The molecule has 0 bridgehead atoms. The average Bonchev–Trinajstić information content (AvgIpc) is 3.96. The standard InChI is InChI=1S/2C7H7N5O2.C6H6N6O2.C6H5N5O3/c2*1-4(13)5-6-9-10-11(2)7(14)12(6)3-8-5;1-11-6(14)12-2-8-3(4(7)13)5(12)9-10-11;1-10-6(14)11-2-7-3(5(12)13)4(11)8-9-10/h2*3H,1-2H3;2H,1H3,(H2,7,13);2H,1H3,(H,12,13). The predicted octanol–water partition coefficient (Wildman–Crippen LogP) is -5.51. The van der Waals surface area contributed by atoms with Crippen LogP contribution in [0.5, 0.6) is 0 Å². The van der Waals surface area contributed by atoms with Crippen molar-refractivity contribution >= 4 is 46.0 Å². The van der Waals surface area contributed by atoms with E-state index in [1.54, 1.807) is 0 Å². The van der Waals surface area contributed by atoms with Crippen molar-refractivity contribution in [2.75, 3.05) is 0 Å². The van der Waals surface area contributed by atoms with Crippen molar-refractivity contribution in [3.63, 3.8) is 0 Å². The van der Waals surface area contributed by atoms with Gasteiger partial charge in [0.25, 0.3) is 5.91 Å². The summed E-state index contributed by atoms with van der Waals surface area (Å²) in [5.41, 5.74) is 3.72. The van der Waals surface area contributed by atoms with Gasteiger partial charge in [0.15, 0.2) is 56.9 Å². The molecule has 8 aromatic rings. The molecule has 3 N–H and O–H groups in total. The number of aromatic carboxylic acids is 1. The van der Waals surface area contributed by atoms with Gasteiger partial charge in [0.1, 0.15) is 25.3 Å². The van der Waals surface area contributed by atoms with Crippen molar-refractivity contribution in [1.29, 1.82) is 0 Å². The van der Waals surface area contributed by atoms with Crippen LogP contribution in [0.3, 0.4) is 0 Å². The van der Waals surface area contributed by atoms with Crippen molar-refractivity contribution in [2.24, 2.45) is 33.9 Å². The lowest BCUT2D eigenvalue weighted by molar-refractivity contribution is 0.0692. The lowest BCUT2D eigenvalue weighted by Crippen LogP contribution is -2.27. The van der Waals surface area contributed by atoms with Crippen molar-refractivity contribution < 1.29 is 24.3 Å². The highest BCUT2D eigenvalue weighted by atomic mass is 16.4. The Morgan fingerprint density at radius 1 is 0.482 bits per heavy atom. The van der Waals surface area contributed by atoms with Crippen LogP contribution in [-0.4, -0.2) is 126 Å². The lowest BCUT2D eigenvalue weighted by atomic mass is 10.3. The predicted molar refractivity (Wildman–Crippen MR) is 180 cm³/mol. The second kappa shape index (κ2) is 15.2. The van der Waals surface area contributed by atoms with Crippen molar-refractivity contribution in [1.82, 2.24) is 97.5 Å². The molecule has 8 heterocycles. The number of imidazole rings is 4. The Bertz CT molecular complexity index is 2690. The molecule has 0 aliphatic carbocycles. The average molecular weight is 776 g/mol. The number of carbonyl (C=O) groups is 4. The van der Waals surface area contributed by atoms with E-state index in [1.807, 2.05) is 0 Å². The van der Waals surface area contributed by atoms with Gasteiger partial charge in [0.05, 0.1) is 0 Å². The van der Waals surface area contributed by atoms with E-state index in [2.05, 4.69) is 61.2 Å². The highest BCUT2D eigenvalue weighted by molar-refractivity contribution is 5.98. The van der Waals surface area contributed by atoms with Crippen LogP contribution >= 0.6 is 0 Å². The third-order valence-corrected chi connectivity index (χ3v) is 7.10. The molecule has 56 heavy (non-hydrogen) atoms. The number of carbonyl (C=O) groups excluding carboxylic acids is 3. The molecular formula is C26H25N21O9. The number of amides is 1. The lowest BCUT2D eigenvalue weighted by Gasteiger charge is -1.95. The summed E-state index contributed by atoms with van der Waals surface area (Å²) in [5.74, 6) is -2.46. The van der Waals surface area contributed by atoms with Gasteiger partial charge < -0.3 is 10.8 Å². The first-order chi connectivity index (χ1) is 26.4. The summed E-state index contributed by atoms with van der Waals surface area (Å²) in [4.78, 5) is 104. The number of aromatic nitrogens is 20. The fourth-order valence-electron chi connectivity index (χ4n) is 4.35. The Hall–Kier alpha value is -8.60. The van der Waals surface area contributed by atoms with Crippen LogP contribution in [0.25, 0.3) is 22.6 Å². The van der Waals surface area contributed by atoms with Crippen molar-refractivity contribution in [3.8, 4) is 0 Å². The molecule has 0 aliphatic heterocycles. The largest absolute Gasteiger partial charge is 0.476 e. The number of carboxylic acids is 1. The molecule has 0 aromatic carbocycles. The van der Waals surface area contributed by atoms with Gasteiger partial charge in [-0.15, -0.1) is 20.4 Å². The second-order valence-corrected chi connectivity index (χ2v) is 10.9. The van der Waals surface area contributed by atoms with E-state index >= 15 is 0 Å². The van der Waals surface area contributed by atoms with E-state index in [-0.39, 0.29) is 68.3 Å². The van der Waals surface area contributed by atoms with Crippen LogP contribution in [0.15, 0.2) is 44.5 Å². The molecule has 30 heteroatoms. The van der Waals surface area contributed by atoms with Gasteiger partial charge in [0, 0.05) is 42.0 Å². The molecule has 0 fully saturated rings. The summed E-state index contributed by atoms with van der Waals surface area (Å²) in [5, 5.41) is 37.4. The smallest absolute Gasteiger partial charge is 0.358 e. The maximum Gasteiger partial charge on any atom is 0.358 e. The summed E-state index contributed by atoms with van der Waals surface area (Å²) in [6.45, 7) is 2.73. The van der Waals surface area contributed by atoms with Gasteiger partial charge in [-0.3, -0.25) is 14.4 Å². The molecular weight excluding hydrogens is 750 g/mol.